The van der Waals surface area contributed by atoms with E-state index in [1.54, 1.807) is 26.6 Å². The van der Waals surface area contributed by atoms with Crippen molar-refractivity contribution >= 4 is 0 Å². The molecule has 1 aromatic carbocycles. The molecule has 1 unspecified atom stereocenters. The van der Waals surface area contributed by atoms with Gasteiger partial charge in [0, 0.05) is 29.1 Å². The van der Waals surface area contributed by atoms with Crippen molar-refractivity contribution in [1.82, 2.24) is 4.98 Å². The van der Waals surface area contributed by atoms with Gasteiger partial charge in [-0.05, 0) is 50.8 Å². The first kappa shape index (κ1) is 21.2. The quantitative estimate of drug-likeness (QED) is 0.613. The molecular weight excluding hydrogens is 338 g/mol. The van der Waals surface area contributed by atoms with Crippen LogP contribution in [0.1, 0.15) is 66.8 Å². The molecule has 148 valence electrons. The lowest BCUT2D eigenvalue weighted by molar-refractivity contribution is 0.0637. The molecule has 27 heavy (non-hydrogen) atoms. The van der Waals surface area contributed by atoms with E-state index in [1.165, 1.54) is 0 Å². The van der Waals surface area contributed by atoms with Crippen LogP contribution in [0.2, 0.25) is 0 Å². The molecule has 1 atom stereocenters. The summed E-state index contributed by atoms with van der Waals surface area (Å²) in [5, 5.41) is 12.0. The fourth-order valence-electron chi connectivity index (χ4n) is 3.98. The summed E-state index contributed by atoms with van der Waals surface area (Å²) in [6, 6.07) is 3.81. The van der Waals surface area contributed by atoms with Crippen LogP contribution in [-0.2, 0) is 5.60 Å². The SMILES string of the molecule is CCCCCCC(O)(c1cccnc1)c1c(C)c(OC)c(C)c(C)c1OC. The molecule has 4 nitrogen and oxygen atoms in total. The van der Waals surface area contributed by atoms with Crippen LogP contribution in [0.3, 0.4) is 0 Å². The molecule has 0 aliphatic heterocycles. The minimum atomic E-state index is -1.18. The van der Waals surface area contributed by atoms with Gasteiger partial charge in [0.05, 0.1) is 14.2 Å². The van der Waals surface area contributed by atoms with Crippen LogP contribution in [0.25, 0.3) is 0 Å². The Bertz CT molecular complexity index is 758. The number of pyridine rings is 1. The van der Waals surface area contributed by atoms with Crippen molar-refractivity contribution in [3.8, 4) is 11.5 Å². The molecule has 2 aromatic rings. The number of aromatic nitrogens is 1. The van der Waals surface area contributed by atoms with Crippen LogP contribution in [0.5, 0.6) is 11.5 Å². The molecule has 0 bridgehead atoms. The first-order valence-electron chi connectivity index (χ1n) is 9.77. The molecule has 1 aromatic heterocycles. The zero-order chi connectivity index (χ0) is 20.0. The minimum Gasteiger partial charge on any atom is -0.496 e. The van der Waals surface area contributed by atoms with Gasteiger partial charge in [0.15, 0.2) is 0 Å². The monoisotopic (exact) mass is 371 g/mol. The minimum absolute atomic E-state index is 0.613. The number of nitrogens with zero attached hydrogens (tertiary/aromatic N) is 1. The van der Waals surface area contributed by atoms with E-state index in [2.05, 4.69) is 11.9 Å². The van der Waals surface area contributed by atoms with Crippen LogP contribution in [0.4, 0.5) is 0 Å². The van der Waals surface area contributed by atoms with Crippen LogP contribution >= 0.6 is 0 Å². The molecule has 0 amide bonds. The molecule has 0 radical (unpaired) electrons. The van der Waals surface area contributed by atoms with E-state index in [4.69, 9.17) is 9.47 Å². The highest BCUT2D eigenvalue weighted by molar-refractivity contribution is 5.61. The van der Waals surface area contributed by atoms with Crippen LogP contribution in [0.15, 0.2) is 24.5 Å². The van der Waals surface area contributed by atoms with E-state index in [0.717, 1.165) is 65.0 Å². The third kappa shape index (κ3) is 4.11. The number of ether oxygens (including phenoxy) is 2. The van der Waals surface area contributed by atoms with Gasteiger partial charge >= 0.3 is 0 Å². The molecule has 0 saturated carbocycles. The van der Waals surface area contributed by atoms with E-state index in [1.807, 2.05) is 32.9 Å². The van der Waals surface area contributed by atoms with E-state index < -0.39 is 5.60 Å². The summed E-state index contributed by atoms with van der Waals surface area (Å²) in [6.45, 7) is 8.23. The summed E-state index contributed by atoms with van der Waals surface area (Å²) < 4.78 is 11.5. The maximum absolute atomic E-state index is 12.0. The highest BCUT2D eigenvalue weighted by Gasteiger charge is 2.38. The second-order valence-corrected chi connectivity index (χ2v) is 7.23. The lowest BCUT2D eigenvalue weighted by Crippen LogP contribution is -2.30. The van der Waals surface area contributed by atoms with Gasteiger partial charge in [-0.1, -0.05) is 32.3 Å². The van der Waals surface area contributed by atoms with E-state index in [-0.39, 0.29) is 0 Å². The molecular formula is C23H33NO3. The summed E-state index contributed by atoms with van der Waals surface area (Å²) in [6.07, 6.45) is 8.42. The summed E-state index contributed by atoms with van der Waals surface area (Å²) in [4.78, 5) is 4.26. The van der Waals surface area contributed by atoms with Gasteiger partial charge in [0.25, 0.3) is 0 Å². The van der Waals surface area contributed by atoms with Crippen molar-refractivity contribution in [1.29, 1.82) is 0 Å². The normalized spacial score (nSPS) is 13.3. The fraction of sp³-hybridized carbons (Fsp3) is 0.522. The molecule has 0 aliphatic carbocycles. The number of aliphatic hydroxyl groups is 1. The Morgan fingerprint density at radius 1 is 0.963 bits per heavy atom. The molecule has 0 aliphatic rings. The largest absolute Gasteiger partial charge is 0.496 e. The molecule has 0 saturated heterocycles. The van der Waals surface area contributed by atoms with Crippen molar-refractivity contribution in [2.75, 3.05) is 14.2 Å². The van der Waals surface area contributed by atoms with Gasteiger partial charge in [0.2, 0.25) is 0 Å². The summed E-state index contributed by atoms with van der Waals surface area (Å²) in [5.41, 5.74) is 3.34. The number of unbranched alkanes of at least 4 members (excludes halogenated alkanes) is 3. The third-order valence-corrected chi connectivity index (χ3v) is 5.54. The van der Waals surface area contributed by atoms with Gasteiger partial charge in [-0.2, -0.15) is 0 Å². The van der Waals surface area contributed by atoms with Gasteiger partial charge in [-0.15, -0.1) is 0 Å². The average molecular weight is 372 g/mol. The van der Waals surface area contributed by atoms with Crippen molar-refractivity contribution < 1.29 is 14.6 Å². The second-order valence-electron chi connectivity index (χ2n) is 7.23. The summed E-state index contributed by atoms with van der Waals surface area (Å²) in [5.74, 6) is 1.53. The van der Waals surface area contributed by atoms with Crippen molar-refractivity contribution in [2.45, 2.75) is 65.4 Å². The number of methoxy groups -OCH3 is 2. The first-order valence-corrected chi connectivity index (χ1v) is 9.77. The molecule has 0 fully saturated rings. The smallest absolute Gasteiger partial charge is 0.129 e. The number of benzene rings is 1. The molecule has 0 spiro atoms. The highest BCUT2D eigenvalue weighted by atomic mass is 16.5. The lowest BCUT2D eigenvalue weighted by Gasteiger charge is -2.34. The lowest BCUT2D eigenvalue weighted by atomic mass is 9.78. The molecule has 2 rings (SSSR count). The van der Waals surface area contributed by atoms with Crippen LogP contribution < -0.4 is 9.47 Å². The van der Waals surface area contributed by atoms with Gasteiger partial charge in [-0.3, -0.25) is 4.98 Å². The number of rotatable bonds is 9. The van der Waals surface area contributed by atoms with E-state index in [0.29, 0.717) is 6.42 Å². The van der Waals surface area contributed by atoms with E-state index >= 15 is 0 Å². The number of hydrogen-bond donors (Lipinski definition) is 1. The molecule has 1 N–H and O–H groups in total. The van der Waals surface area contributed by atoms with Crippen LogP contribution in [0, 0.1) is 20.8 Å². The van der Waals surface area contributed by atoms with Gasteiger partial charge in [0.1, 0.15) is 17.1 Å². The Balaban J connectivity index is 2.70. The molecule has 4 heteroatoms. The zero-order valence-electron chi connectivity index (χ0n) is 17.6. The van der Waals surface area contributed by atoms with Crippen molar-refractivity contribution in [3.05, 3.63) is 52.3 Å². The van der Waals surface area contributed by atoms with Crippen molar-refractivity contribution in [2.24, 2.45) is 0 Å². The fourth-order valence-corrected chi connectivity index (χ4v) is 3.98. The van der Waals surface area contributed by atoms with E-state index in [9.17, 15) is 5.11 Å². The predicted molar refractivity (Wildman–Crippen MR) is 110 cm³/mol. The van der Waals surface area contributed by atoms with Crippen molar-refractivity contribution in [3.63, 3.8) is 0 Å². The van der Waals surface area contributed by atoms with Gasteiger partial charge in [-0.25, -0.2) is 0 Å². The Morgan fingerprint density at radius 2 is 1.63 bits per heavy atom. The first-order chi connectivity index (χ1) is 12.9. The third-order valence-electron chi connectivity index (χ3n) is 5.54. The topological polar surface area (TPSA) is 51.6 Å². The Kier molecular flexibility index (Phi) is 7.25. The maximum Gasteiger partial charge on any atom is 0.129 e. The van der Waals surface area contributed by atoms with Crippen LogP contribution in [-0.4, -0.2) is 24.3 Å². The molecule has 1 heterocycles. The zero-order valence-corrected chi connectivity index (χ0v) is 17.6. The maximum atomic E-state index is 12.0. The summed E-state index contributed by atoms with van der Waals surface area (Å²) >= 11 is 0. The summed E-state index contributed by atoms with van der Waals surface area (Å²) in [7, 11) is 3.34. The Labute approximate surface area is 163 Å². The van der Waals surface area contributed by atoms with Gasteiger partial charge < -0.3 is 14.6 Å². The second kappa shape index (κ2) is 9.23. The Hall–Kier alpha value is -2.07. The number of hydrogen-bond acceptors (Lipinski definition) is 4. The Morgan fingerprint density at radius 3 is 2.19 bits per heavy atom. The standard InChI is InChI=1S/C23H33NO3/c1-7-8-9-10-13-23(25,19-12-11-14-24-15-19)20-18(4)21(26-5)16(2)17(3)22(20)27-6/h11-12,14-15,25H,7-10,13H2,1-6H3. The average Bonchev–Trinajstić information content (AvgIpc) is 2.68. The highest BCUT2D eigenvalue weighted by Crippen LogP contribution is 2.47. The predicted octanol–water partition coefficient (Wildman–Crippen LogP) is 5.23.